The zero-order valence-electron chi connectivity index (χ0n) is 12.8. The molecule has 0 radical (unpaired) electrons. The minimum Gasteiger partial charge on any atom is -0.497 e. The van der Waals surface area contributed by atoms with Crippen molar-refractivity contribution in [2.45, 2.75) is 25.0 Å². The fourth-order valence-electron chi connectivity index (χ4n) is 3.77. The Morgan fingerprint density at radius 3 is 2.82 bits per heavy atom. The largest absolute Gasteiger partial charge is 0.497 e. The lowest BCUT2D eigenvalue weighted by atomic mass is 9.77. The predicted octanol–water partition coefficient (Wildman–Crippen LogP) is 4.33. The quantitative estimate of drug-likeness (QED) is 0.894. The van der Waals surface area contributed by atoms with E-state index in [-0.39, 0.29) is 6.10 Å². The van der Waals surface area contributed by atoms with Gasteiger partial charge in [-0.05, 0) is 36.6 Å². The van der Waals surface area contributed by atoms with Gasteiger partial charge < -0.3 is 14.8 Å². The van der Waals surface area contributed by atoms with Gasteiger partial charge in [-0.15, -0.1) is 0 Å². The van der Waals surface area contributed by atoms with E-state index in [9.17, 15) is 0 Å². The van der Waals surface area contributed by atoms with E-state index in [1.54, 1.807) is 7.11 Å². The molecule has 4 rings (SSSR count). The first-order valence-corrected chi connectivity index (χ1v) is 7.98. The van der Waals surface area contributed by atoms with Gasteiger partial charge in [0.1, 0.15) is 5.75 Å². The maximum absolute atomic E-state index is 6.16. The lowest BCUT2D eigenvalue weighted by Gasteiger charge is -2.43. The van der Waals surface area contributed by atoms with Gasteiger partial charge in [-0.25, -0.2) is 0 Å². The zero-order chi connectivity index (χ0) is 14.9. The first-order chi connectivity index (χ1) is 10.9. The molecule has 3 nitrogen and oxygen atoms in total. The van der Waals surface area contributed by atoms with Crippen LogP contribution in [0.2, 0.25) is 0 Å². The summed E-state index contributed by atoms with van der Waals surface area (Å²) in [5.74, 6) is 1.36. The van der Waals surface area contributed by atoms with E-state index >= 15 is 0 Å². The van der Waals surface area contributed by atoms with Crippen molar-refractivity contribution >= 4 is 5.69 Å². The highest BCUT2D eigenvalue weighted by Gasteiger charge is 2.39. The molecule has 2 heterocycles. The third-order valence-electron chi connectivity index (χ3n) is 4.83. The molecule has 0 amide bonds. The van der Waals surface area contributed by atoms with Gasteiger partial charge in [-0.3, -0.25) is 0 Å². The zero-order valence-corrected chi connectivity index (χ0v) is 12.8. The molecule has 1 fully saturated rings. The van der Waals surface area contributed by atoms with Gasteiger partial charge >= 0.3 is 0 Å². The van der Waals surface area contributed by atoms with Gasteiger partial charge in [-0.1, -0.05) is 30.3 Å². The van der Waals surface area contributed by atoms with Crippen molar-refractivity contribution in [1.29, 1.82) is 0 Å². The second-order valence-corrected chi connectivity index (χ2v) is 6.08. The van der Waals surface area contributed by atoms with Crippen LogP contribution in [-0.2, 0) is 4.74 Å². The van der Waals surface area contributed by atoms with Crippen LogP contribution in [0.4, 0.5) is 5.69 Å². The van der Waals surface area contributed by atoms with Crippen molar-refractivity contribution in [2.75, 3.05) is 19.0 Å². The van der Waals surface area contributed by atoms with E-state index in [1.807, 2.05) is 6.07 Å². The Bertz CT molecular complexity index is 656. The Hall–Kier alpha value is -2.00. The third kappa shape index (κ3) is 2.26. The minimum atomic E-state index is 0.158. The lowest BCUT2D eigenvalue weighted by Crippen LogP contribution is -2.35. The number of nitrogens with one attached hydrogen (secondary N) is 1. The van der Waals surface area contributed by atoms with E-state index in [4.69, 9.17) is 9.47 Å². The average molecular weight is 295 g/mol. The molecule has 0 aromatic heterocycles. The normalized spacial score (nSPS) is 26.5. The van der Waals surface area contributed by atoms with E-state index < -0.39 is 0 Å². The van der Waals surface area contributed by atoms with Crippen LogP contribution < -0.4 is 10.1 Å². The molecule has 0 saturated carbocycles. The SMILES string of the molecule is COc1ccc2c(c1)C1OCCCC1C(c1ccccc1)N2. The van der Waals surface area contributed by atoms with Gasteiger partial charge in [0, 0.05) is 23.8 Å². The maximum atomic E-state index is 6.16. The summed E-state index contributed by atoms with van der Waals surface area (Å²) in [6.45, 7) is 0.847. The summed E-state index contributed by atoms with van der Waals surface area (Å²) in [5.41, 5.74) is 3.73. The van der Waals surface area contributed by atoms with Crippen LogP contribution in [0.1, 0.15) is 36.1 Å². The first-order valence-electron chi connectivity index (χ1n) is 7.98. The van der Waals surface area contributed by atoms with E-state index in [1.165, 1.54) is 17.5 Å². The topological polar surface area (TPSA) is 30.5 Å². The Morgan fingerprint density at radius 1 is 1.14 bits per heavy atom. The number of benzene rings is 2. The number of hydrogen-bond acceptors (Lipinski definition) is 3. The summed E-state index contributed by atoms with van der Waals surface area (Å²) < 4.78 is 11.6. The Labute approximate surface area is 131 Å². The van der Waals surface area contributed by atoms with Crippen LogP contribution in [-0.4, -0.2) is 13.7 Å². The molecule has 0 bridgehead atoms. The molecule has 2 aromatic carbocycles. The van der Waals surface area contributed by atoms with Gasteiger partial charge in [0.15, 0.2) is 0 Å². The lowest BCUT2D eigenvalue weighted by molar-refractivity contribution is -0.0382. The molecule has 0 aliphatic carbocycles. The van der Waals surface area contributed by atoms with Gasteiger partial charge in [-0.2, -0.15) is 0 Å². The van der Waals surface area contributed by atoms with E-state index in [2.05, 4.69) is 47.8 Å². The number of methoxy groups -OCH3 is 1. The highest BCUT2D eigenvalue weighted by Crippen LogP contribution is 2.49. The standard InChI is InChI=1S/C19H21NO2/c1-21-14-9-10-17-16(12-14)19-15(8-5-11-22-19)18(20-17)13-6-3-2-4-7-13/h2-4,6-7,9-10,12,15,18-20H,5,8,11H2,1H3. The summed E-state index contributed by atoms with van der Waals surface area (Å²) in [7, 11) is 1.71. The Morgan fingerprint density at radius 2 is 2.00 bits per heavy atom. The third-order valence-corrected chi connectivity index (χ3v) is 4.83. The molecular formula is C19H21NO2. The molecule has 3 atom stereocenters. The monoisotopic (exact) mass is 295 g/mol. The number of anilines is 1. The Balaban J connectivity index is 1.77. The average Bonchev–Trinajstić information content (AvgIpc) is 2.61. The van der Waals surface area contributed by atoms with Crippen LogP contribution in [0.5, 0.6) is 5.75 Å². The van der Waals surface area contributed by atoms with Crippen molar-refractivity contribution in [3.63, 3.8) is 0 Å². The molecule has 114 valence electrons. The molecule has 22 heavy (non-hydrogen) atoms. The van der Waals surface area contributed by atoms with Crippen LogP contribution in [0.3, 0.4) is 0 Å². The molecule has 2 aliphatic rings. The van der Waals surface area contributed by atoms with Crippen molar-refractivity contribution in [3.05, 3.63) is 59.7 Å². The summed E-state index contributed by atoms with van der Waals surface area (Å²) >= 11 is 0. The van der Waals surface area contributed by atoms with Crippen molar-refractivity contribution in [2.24, 2.45) is 5.92 Å². The molecule has 1 N–H and O–H groups in total. The maximum Gasteiger partial charge on any atom is 0.119 e. The van der Waals surface area contributed by atoms with Crippen molar-refractivity contribution < 1.29 is 9.47 Å². The first kappa shape index (κ1) is 13.6. The highest BCUT2D eigenvalue weighted by atomic mass is 16.5. The van der Waals surface area contributed by atoms with Crippen molar-refractivity contribution in [3.8, 4) is 5.75 Å². The van der Waals surface area contributed by atoms with E-state index in [0.717, 1.165) is 24.5 Å². The smallest absolute Gasteiger partial charge is 0.119 e. The molecule has 2 aromatic rings. The number of ether oxygens (including phenoxy) is 2. The molecule has 3 unspecified atom stereocenters. The minimum absolute atomic E-state index is 0.158. The van der Waals surface area contributed by atoms with Crippen molar-refractivity contribution in [1.82, 2.24) is 0 Å². The molecule has 1 saturated heterocycles. The Kier molecular flexibility index (Phi) is 3.51. The fourth-order valence-corrected chi connectivity index (χ4v) is 3.77. The van der Waals surface area contributed by atoms with Crippen LogP contribution in [0.25, 0.3) is 0 Å². The number of hydrogen-bond donors (Lipinski definition) is 1. The predicted molar refractivity (Wildman–Crippen MR) is 87.2 cm³/mol. The molecule has 2 aliphatic heterocycles. The van der Waals surface area contributed by atoms with Gasteiger partial charge in [0.2, 0.25) is 0 Å². The highest BCUT2D eigenvalue weighted by molar-refractivity contribution is 5.59. The number of fused-ring (bicyclic) bond motifs is 3. The molecule has 0 spiro atoms. The summed E-state index contributed by atoms with van der Waals surface area (Å²) in [6, 6.07) is 17.3. The van der Waals surface area contributed by atoms with E-state index in [0.29, 0.717) is 12.0 Å². The fraction of sp³-hybridized carbons (Fsp3) is 0.368. The second-order valence-electron chi connectivity index (χ2n) is 6.08. The number of rotatable bonds is 2. The molecular weight excluding hydrogens is 274 g/mol. The van der Waals surface area contributed by atoms with Crippen LogP contribution in [0.15, 0.2) is 48.5 Å². The van der Waals surface area contributed by atoms with Crippen LogP contribution in [0, 0.1) is 5.92 Å². The van der Waals surface area contributed by atoms with Gasteiger partial charge in [0.25, 0.3) is 0 Å². The summed E-state index contributed by atoms with van der Waals surface area (Å²) in [4.78, 5) is 0. The molecule has 3 heteroatoms. The summed E-state index contributed by atoms with van der Waals surface area (Å²) in [5, 5.41) is 3.73. The summed E-state index contributed by atoms with van der Waals surface area (Å²) in [6.07, 6.45) is 2.48. The second kappa shape index (κ2) is 5.65. The van der Waals surface area contributed by atoms with Gasteiger partial charge in [0.05, 0.1) is 19.3 Å². The van der Waals surface area contributed by atoms with Crippen LogP contribution >= 0.6 is 0 Å².